The van der Waals surface area contributed by atoms with Crippen molar-refractivity contribution in [3.8, 4) is 0 Å². The van der Waals surface area contributed by atoms with E-state index in [1.807, 2.05) is 0 Å². The first-order chi connectivity index (χ1) is 9.84. The molecule has 5 heteroatoms. The van der Waals surface area contributed by atoms with Crippen molar-refractivity contribution in [1.29, 1.82) is 0 Å². The number of hydrogen-bond donors (Lipinski definition) is 2. The number of sulfone groups is 1. The SMILES string of the molecule is CC(Nc1ccc(S(C)(=O)=O)cc1N)C1CC2CCC1C2. The molecule has 2 aliphatic rings. The number of anilines is 2. The maximum Gasteiger partial charge on any atom is 0.175 e. The van der Waals surface area contributed by atoms with Crippen molar-refractivity contribution in [2.75, 3.05) is 17.3 Å². The number of fused-ring (bicyclic) bond motifs is 2. The van der Waals surface area contributed by atoms with E-state index >= 15 is 0 Å². The predicted octanol–water partition coefficient (Wildman–Crippen LogP) is 2.91. The lowest BCUT2D eigenvalue weighted by molar-refractivity contribution is 0.304. The van der Waals surface area contributed by atoms with Gasteiger partial charge in [-0.25, -0.2) is 8.42 Å². The largest absolute Gasteiger partial charge is 0.397 e. The summed E-state index contributed by atoms with van der Waals surface area (Å²) in [6.07, 6.45) is 6.68. The van der Waals surface area contributed by atoms with E-state index in [1.54, 1.807) is 18.2 Å². The van der Waals surface area contributed by atoms with Crippen LogP contribution in [0.2, 0.25) is 0 Å². The van der Waals surface area contributed by atoms with Crippen LogP contribution in [0.25, 0.3) is 0 Å². The second-order valence-corrected chi connectivity index (χ2v) is 8.81. The summed E-state index contributed by atoms with van der Waals surface area (Å²) in [6.45, 7) is 2.22. The summed E-state index contributed by atoms with van der Waals surface area (Å²) in [4.78, 5) is 0.276. The van der Waals surface area contributed by atoms with Crippen molar-refractivity contribution in [3.05, 3.63) is 18.2 Å². The van der Waals surface area contributed by atoms with E-state index < -0.39 is 9.84 Å². The Balaban J connectivity index is 1.73. The van der Waals surface area contributed by atoms with Gasteiger partial charge >= 0.3 is 0 Å². The van der Waals surface area contributed by atoms with Crippen LogP contribution in [-0.2, 0) is 9.84 Å². The van der Waals surface area contributed by atoms with Crippen molar-refractivity contribution >= 4 is 21.2 Å². The van der Waals surface area contributed by atoms with Crippen molar-refractivity contribution in [2.24, 2.45) is 17.8 Å². The van der Waals surface area contributed by atoms with Crippen molar-refractivity contribution < 1.29 is 8.42 Å². The Labute approximate surface area is 127 Å². The molecule has 3 N–H and O–H groups in total. The third kappa shape index (κ3) is 2.89. The summed E-state index contributed by atoms with van der Waals surface area (Å²) in [6, 6.07) is 5.34. The molecule has 116 valence electrons. The number of hydrogen-bond acceptors (Lipinski definition) is 4. The third-order valence-corrected chi connectivity index (χ3v) is 6.38. The number of nitrogen functional groups attached to an aromatic ring is 1. The molecular formula is C16H24N2O2S. The molecule has 1 aromatic rings. The molecule has 4 nitrogen and oxygen atoms in total. The van der Waals surface area contributed by atoms with E-state index in [0.717, 1.165) is 23.4 Å². The third-order valence-electron chi connectivity index (χ3n) is 5.27. The van der Waals surface area contributed by atoms with Gasteiger partial charge in [0.25, 0.3) is 0 Å². The van der Waals surface area contributed by atoms with Gasteiger partial charge in [-0.3, -0.25) is 0 Å². The van der Waals surface area contributed by atoms with Gasteiger partial charge in [0.15, 0.2) is 9.84 Å². The zero-order chi connectivity index (χ0) is 15.2. The van der Waals surface area contributed by atoms with E-state index in [9.17, 15) is 8.42 Å². The zero-order valence-corrected chi connectivity index (χ0v) is 13.5. The van der Waals surface area contributed by atoms with Gasteiger partial charge in [0.1, 0.15) is 0 Å². The number of rotatable bonds is 4. The minimum Gasteiger partial charge on any atom is -0.397 e. The van der Waals surface area contributed by atoms with Crippen LogP contribution in [0.1, 0.15) is 32.6 Å². The first-order valence-electron chi connectivity index (χ1n) is 7.70. The van der Waals surface area contributed by atoms with Crippen LogP contribution in [0.4, 0.5) is 11.4 Å². The highest BCUT2D eigenvalue weighted by atomic mass is 32.2. The highest BCUT2D eigenvalue weighted by Crippen LogP contribution is 2.50. The second-order valence-electron chi connectivity index (χ2n) is 6.79. The van der Waals surface area contributed by atoms with Crippen LogP contribution in [0, 0.1) is 17.8 Å². The van der Waals surface area contributed by atoms with Crippen LogP contribution in [0.5, 0.6) is 0 Å². The highest BCUT2D eigenvalue weighted by molar-refractivity contribution is 7.90. The lowest BCUT2D eigenvalue weighted by Gasteiger charge is -2.29. The minimum absolute atomic E-state index is 0.276. The Bertz CT molecular complexity index is 642. The molecule has 4 unspecified atom stereocenters. The molecule has 0 spiro atoms. The molecule has 0 heterocycles. The van der Waals surface area contributed by atoms with Crippen LogP contribution >= 0.6 is 0 Å². The molecule has 0 aromatic heterocycles. The van der Waals surface area contributed by atoms with Crippen LogP contribution < -0.4 is 11.1 Å². The quantitative estimate of drug-likeness (QED) is 0.839. The Morgan fingerprint density at radius 3 is 2.57 bits per heavy atom. The summed E-state index contributed by atoms with van der Waals surface area (Å²) in [5, 5.41) is 3.50. The van der Waals surface area contributed by atoms with Gasteiger partial charge in [-0.2, -0.15) is 0 Å². The molecule has 2 bridgehead atoms. The lowest BCUT2D eigenvalue weighted by atomic mass is 9.84. The molecule has 2 aliphatic carbocycles. The monoisotopic (exact) mass is 308 g/mol. The normalized spacial score (nSPS) is 29.5. The molecule has 0 saturated heterocycles. The average Bonchev–Trinajstić information content (AvgIpc) is 3.02. The van der Waals surface area contributed by atoms with Gasteiger partial charge in [-0.15, -0.1) is 0 Å². The van der Waals surface area contributed by atoms with E-state index in [4.69, 9.17) is 5.73 Å². The van der Waals surface area contributed by atoms with Crippen LogP contribution in [0.15, 0.2) is 23.1 Å². The predicted molar refractivity (Wildman–Crippen MR) is 86.0 cm³/mol. The number of nitrogens with two attached hydrogens (primary N) is 1. The second kappa shape index (κ2) is 5.20. The van der Waals surface area contributed by atoms with Crippen molar-refractivity contribution in [2.45, 2.75) is 43.5 Å². The van der Waals surface area contributed by atoms with Crippen molar-refractivity contribution in [3.63, 3.8) is 0 Å². The zero-order valence-electron chi connectivity index (χ0n) is 12.7. The van der Waals surface area contributed by atoms with Gasteiger partial charge in [-0.1, -0.05) is 6.42 Å². The van der Waals surface area contributed by atoms with E-state index in [0.29, 0.717) is 11.7 Å². The summed E-state index contributed by atoms with van der Waals surface area (Å²) in [5.41, 5.74) is 7.37. The summed E-state index contributed by atoms with van der Waals surface area (Å²) < 4.78 is 23.1. The van der Waals surface area contributed by atoms with Gasteiger partial charge in [-0.05, 0) is 62.1 Å². The van der Waals surface area contributed by atoms with Gasteiger partial charge < -0.3 is 11.1 Å². The van der Waals surface area contributed by atoms with Gasteiger partial charge in [0, 0.05) is 12.3 Å². The molecule has 0 radical (unpaired) electrons. The fraction of sp³-hybridized carbons (Fsp3) is 0.625. The topological polar surface area (TPSA) is 72.2 Å². The van der Waals surface area contributed by atoms with Gasteiger partial charge in [0.2, 0.25) is 0 Å². The molecular weight excluding hydrogens is 284 g/mol. The maximum absolute atomic E-state index is 11.5. The summed E-state index contributed by atoms with van der Waals surface area (Å²) in [5.74, 6) is 2.50. The molecule has 0 amide bonds. The Morgan fingerprint density at radius 2 is 2.05 bits per heavy atom. The van der Waals surface area contributed by atoms with E-state index in [2.05, 4.69) is 12.2 Å². The van der Waals surface area contributed by atoms with E-state index in [1.165, 1.54) is 31.9 Å². The Hall–Kier alpha value is -1.23. The summed E-state index contributed by atoms with van der Waals surface area (Å²) in [7, 11) is -3.20. The van der Waals surface area contributed by atoms with Crippen molar-refractivity contribution in [1.82, 2.24) is 0 Å². The molecule has 1 aromatic carbocycles. The maximum atomic E-state index is 11.5. The molecule has 2 fully saturated rings. The van der Waals surface area contributed by atoms with Crippen LogP contribution in [0.3, 0.4) is 0 Å². The first-order valence-corrected chi connectivity index (χ1v) is 9.60. The minimum atomic E-state index is -3.20. The average molecular weight is 308 g/mol. The Kier molecular flexibility index (Phi) is 3.64. The summed E-state index contributed by atoms with van der Waals surface area (Å²) >= 11 is 0. The molecule has 4 atom stereocenters. The standard InChI is InChI=1S/C16H24N2O2S/c1-10(14-8-11-3-4-12(14)7-11)18-16-6-5-13(9-15(16)17)21(2,19)20/h5-6,9-12,14,18H,3-4,7-8,17H2,1-2H3. The highest BCUT2D eigenvalue weighted by Gasteiger charge is 2.41. The van der Waals surface area contributed by atoms with E-state index in [-0.39, 0.29) is 4.90 Å². The lowest BCUT2D eigenvalue weighted by Crippen LogP contribution is -2.30. The van der Waals surface area contributed by atoms with Crippen LogP contribution in [-0.4, -0.2) is 20.7 Å². The first kappa shape index (κ1) is 14.7. The fourth-order valence-electron chi connectivity index (χ4n) is 4.16. The number of benzene rings is 1. The molecule has 0 aliphatic heterocycles. The smallest absolute Gasteiger partial charge is 0.175 e. The molecule has 2 saturated carbocycles. The number of nitrogens with one attached hydrogen (secondary N) is 1. The Morgan fingerprint density at radius 1 is 1.29 bits per heavy atom. The fourth-order valence-corrected chi connectivity index (χ4v) is 4.82. The van der Waals surface area contributed by atoms with Gasteiger partial charge in [0.05, 0.1) is 16.3 Å². The molecule has 21 heavy (non-hydrogen) atoms. The molecule has 3 rings (SSSR count).